The highest BCUT2D eigenvalue weighted by molar-refractivity contribution is 6.31. The molecule has 0 aliphatic rings. The Labute approximate surface area is 216 Å². The van der Waals surface area contributed by atoms with Crippen LogP contribution in [0.15, 0.2) is 73.1 Å². The normalized spacial score (nSPS) is 11.6. The average Bonchev–Trinajstić information content (AvgIpc) is 3.50. The van der Waals surface area contributed by atoms with Crippen LogP contribution in [0.3, 0.4) is 0 Å². The molecule has 0 radical (unpaired) electrons. The van der Waals surface area contributed by atoms with Crippen LogP contribution in [0.5, 0.6) is 0 Å². The van der Waals surface area contributed by atoms with Gasteiger partial charge in [-0.15, -0.1) is 0 Å². The highest BCUT2D eigenvalue weighted by Gasteiger charge is 2.36. The number of nitrogens with one attached hydrogen (secondary N) is 2. The van der Waals surface area contributed by atoms with Crippen molar-refractivity contribution in [1.29, 1.82) is 5.41 Å². The zero-order valence-corrected chi connectivity index (χ0v) is 19.8. The largest absolute Gasteiger partial charge is 0.435 e. The number of fused-ring (bicyclic) bond motifs is 1. The summed E-state index contributed by atoms with van der Waals surface area (Å²) in [7, 11) is 0. The number of amides is 1. The average molecular weight is 542 g/mol. The molecule has 8 nitrogen and oxygen atoms in total. The highest BCUT2D eigenvalue weighted by Crippen LogP contribution is 2.30. The van der Waals surface area contributed by atoms with Crippen molar-refractivity contribution in [3.05, 3.63) is 101 Å². The Hall–Kier alpha value is -4.71. The first-order valence-corrected chi connectivity index (χ1v) is 11.2. The van der Waals surface area contributed by atoms with Gasteiger partial charge in [0.2, 0.25) is 0 Å². The minimum Gasteiger partial charge on any atom is -0.384 e. The summed E-state index contributed by atoms with van der Waals surface area (Å²) in [6.45, 7) is 0. The summed E-state index contributed by atoms with van der Waals surface area (Å²) in [6.07, 6.45) is -3.36. The first-order chi connectivity index (χ1) is 18.0. The summed E-state index contributed by atoms with van der Waals surface area (Å²) in [5.41, 5.74) is 5.33. The Bertz CT molecular complexity index is 1720. The summed E-state index contributed by atoms with van der Waals surface area (Å²) in [4.78, 5) is 17.3. The van der Waals surface area contributed by atoms with Crippen molar-refractivity contribution in [3.63, 3.8) is 0 Å². The second-order valence-corrected chi connectivity index (χ2v) is 8.59. The molecule has 0 fully saturated rings. The van der Waals surface area contributed by atoms with Crippen LogP contribution in [0.4, 0.5) is 23.2 Å². The molecule has 0 saturated carbocycles. The molecule has 38 heavy (non-hydrogen) atoms. The van der Waals surface area contributed by atoms with Gasteiger partial charge in [0.25, 0.3) is 5.91 Å². The molecule has 5 aromatic rings. The van der Waals surface area contributed by atoms with Gasteiger partial charge in [-0.2, -0.15) is 18.3 Å². The number of carbonyl (C=O) groups excluding carboxylic acids is 1. The zero-order chi connectivity index (χ0) is 27.2. The molecule has 0 saturated heterocycles. The Kier molecular flexibility index (Phi) is 6.11. The van der Waals surface area contributed by atoms with E-state index >= 15 is 4.39 Å². The van der Waals surface area contributed by atoms with Crippen molar-refractivity contribution >= 4 is 40.1 Å². The quantitative estimate of drug-likeness (QED) is 0.153. The fraction of sp³-hybridized carbons (Fsp3) is 0.0400. The molecule has 0 unspecified atom stereocenters. The summed E-state index contributed by atoms with van der Waals surface area (Å²) in [5, 5.41) is 13.9. The van der Waals surface area contributed by atoms with Gasteiger partial charge in [0.1, 0.15) is 23.7 Å². The van der Waals surface area contributed by atoms with Gasteiger partial charge < -0.3 is 11.1 Å². The number of hydrogen-bond donors (Lipinski definition) is 3. The fourth-order valence-electron chi connectivity index (χ4n) is 3.82. The Balaban J connectivity index is 1.49. The third kappa shape index (κ3) is 4.68. The van der Waals surface area contributed by atoms with E-state index in [9.17, 15) is 18.0 Å². The van der Waals surface area contributed by atoms with Crippen LogP contribution in [0.25, 0.3) is 22.4 Å². The standard InChI is InChI=1S/C25H16ClF4N7O/c26-14-4-7-20-19(9-14)33-12-36(20)15-5-6-18(17(27)10-15)34-24(38)21-11-22(25(28,29)30)35-37(21)16-3-1-2-13(8-16)23(31)32/h1-12H,(H3,31,32)(H,34,38). The number of hydrogen-bond acceptors (Lipinski definition) is 4. The molecule has 0 bridgehead atoms. The van der Waals surface area contributed by atoms with Crippen molar-refractivity contribution in [3.8, 4) is 11.4 Å². The predicted octanol–water partition coefficient (Wildman–Crippen LogP) is 5.56. The number of imidazole rings is 1. The number of alkyl halides is 3. The number of anilines is 1. The van der Waals surface area contributed by atoms with E-state index in [1.165, 1.54) is 42.7 Å². The van der Waals surface area contributed by atoms with Crippen LogP contribution in [0, 0.1) is 11.2 Å². The van der Waals surface area contributed by atoms with Crippen molar-refractivity contribution < 1.29 is 22.4 Å². The van der Waals surface area contributed by atoms with Gasteiger partial charge in [-0.3, -0.25) is 14.8 Å². The fourth-order valence-corrected chi connectivity index (χ4v) is 3.98. The third-order valence-corrected chi connectivity index (χ3v) is 5.86. The summed E-state index contributed by atoms with van der Waals surface area (Å²) < 4.78 is 57.7. The molecular weight excluding hydrogens is 526 g/mol. The van der Waals surface area contributed by atoms with Crippen LogP contribution in [-0.2, 0) is 6.18 Å². The van der Waals surface area contributed by atoms with E-state index in [0.29, 0.717) is 27.8 Å². The van der Waals surface area contributed by atoms with Crippen molar-refractivity contribution in [1.82, 2.24) is 19.3 Å². The van der Waals surface area contributed by atoms with E-state index in [1.54, 1.807) is 22.8 Å². The smallest absolute Gasteiger partial charge is 0.384 e. The Morgan fingerprint density at radius 2 is 1.82 bits per heavy atom. The van der Waals surface area contributed by atoms with Gasteiger partial charge in [0.05, 0.1) is 28.1 Å². The van der Waals surface area contributed by atoms with Crippen molar-refractivity contribution in [2.24, 2.45) is 5.73 Å². The molecule has 0 atom stereocenters. The molecule has 13 heteroatoms. The summed E-state index contributed by atoms with van der Waals surface area (Å²) in [5.74, 6) is -2.18. The van der Waals surface area contributed by atoms with Crippen LogP contribution < -0.4 is 11.1 Å². The molecule has 192 valence electrons. The van der Waals surface area contributed by atoms with E-state index in [-0.39, 0.29) is 22.8 Å². The van der Waals surface area contributed by atoms with Crippen LogP contribution in [-0.4, -0.2) is 31.1 Å². The zero-order valence-electron chi connectivity index (χ0n) is 19.1. The second-order valence-electron chi connectivity index (χ2n) is 8.15. The number of halogens is 5. The Morgan fingerprint density at radius 3 is 2.53 bits per heavy atom. The Morgan fingerprint density at radius 1 is 1.03 bits per heavy atom. The molecule has 3 aromatic carbocycles. The molecule has 2 aromatic heterocycles. The number of nitrogens with zero attached hydrogens (tertiary/aromatic N) is 4. The molecule has 4 N–H and O–H groups in total. The van der Waals surface area contributed by atoms with Crippen LogP contribution in [0.1, 0.15) is 21.7 Å². The van der Waals surface area contributed by atoms with E-state index in [2.05, 4.69) is 15.4 Å². The van der Waals surface area contributed by atoms with Crippen molar-refractivity contribution in [2.75, 3.05) is 5.32 Å². The maximum Gasteiger partial charge on any atom is 0.435 e. The molecule has 1 amide bonds. The lowest BCUT2D eigenvalue weighted by molar-refractivity contribution is -0.141. The first kappa shape index (κ1) is 25.0. The van der Waals surface area contributed by atoms with E-state index in [0.717, 1.165) is 10.7 Å². The minimum absolute atomic E-state index is 0.0567. The SMILES string of the molecule is N=C(N)c1cccc(-n2nc(C(F)(F)F)cc2C(=O)Nc2ccc(-n3cnc4cc(Cl)ccc43)cc2F)c1. The van der Waals surface area contributed by atoms with Gasteiger partial charge >= 0.3 is 6.18 Å². The van der Waals surface area contributed by atoms with E-state index in [1.807, 2.05) is 0 Å². The molecular formula is C25H16ClF4N7O. The van der Waals surface area contributed by atoms with E-state index in [4.69, 9.17) is 22.7 Å². The van der Waals surface area contributed by atoms with Crippen molar-refractivity contribution in [2.45, 2.75) is 6.18 Å². The lowest BCUT2D eigenvalue weighted by Gasteiger charge is -2.11. The van der Waals surface area contributed by atoms with Gasteiger partial charge in [-0.1, -0.05) is 23.7 Å². The lowest BCUT2D eigenvalue weighted by atomic mass is 10.2. The molecule has 0 spiro atoms. The van der Waals surface area contributed by atoms with Gasteiger partial charge in [0.15, 0.2) is 5.69 Å². The number of aromatic nitrogens is 4. The van der Waals surface area contributed by atoms with Crippen LogP contribution >= 0.6 is 11.6 Å². The summed E-state index contributed by atoms with van der Waals surface area (Å²) >= 11 is 5.98. The van der Waals surface area contributed by atoms with Crippen LogP contribution in [0.2, 0.25) is 5.02 Å². The number of rotatable bonds is 5. The number of amidine groups is 1. The number of carbonyl (C=O) groups is 1. The molecule has 5 rings (SSSR count). The minimum atomic E-state index is -4.84. The van der Waals surface area contributed by atoms with E-state index < -0.39 is 29.3 Å². The lowest BCUT2D eigenvalue weighted by Crippen LogP contribution is -2.18. The molecule has 2 heterocycles. The maximum absolute atomic E-state index is 15.0. The monoisotopic (exact) mass is 541 g/mol. The number of benzene rings is 3. The van der Waals surface area contributed by atoms with Gasteiger partial charge in [-0.25, -0.2) is 14.1 Å². The number of nitrogens with two attached hydrogens (primary N) is 1. The third-order valence-electron chi connectivity index (χ3n) is 5.62. The van der Waals surface area contributed by atoms with Gasteiger partial charge in [-0.05, 0) is 42.5 Å². The molecule has 0 aliphatic carbocycles. The predicted molar refractivity (Wildman–Crippen MR) is 134 cm³/mol. The maximum atomic E-state index is 15.0. The topological polar surface area (TPSA) is 115 Å². The molecule has 0 aliphatic heterocycles. The summed E-state index contributed by atoms with van der Waals surface area (Å²) in [6, 6.07) is 15.2. The second kappa shape index (κ2) is 9.30. The van der Waals surface area contributed by atoms with Gasteiger partial charge in [0, 0.05) is 22.7 Å². The highest BCUT2D eigenvalue weighted by atomic mass is 35.5. The number of nitrogen functional groups attached to an aromatic ring is 1. The first-order valence-electron chi connectivity index (χ1n) is 10.9.